The predicted molar refractivity (Wildman–Crippen MR) is 48.7 cm³/mol. The van der Waals surface area contributed by atoms with Gasteiger partial charge in [0.25, 0.3) is 0 Å². The number of rotatable bonds is 2. The van der Waals surface area contributed by atoms with Crippen molar-refractivity contribution in [1.29, 1.82) is 0 Å². The smallest absolute Gasteiger partial charge is 0.222 e. The summed E-state index contributed by atoms with van der Waals surface area (Å²) in [5.41, 5.74) is 5.50. The van der Waals surface area contributed by atoms with E-state index in [1.807, 2.05) is 20.8 Å². The van der Waals surface area contributed by atoms with Crippen molar-refractivity contribution in [2.24, 2.45) is 5.73 Å². The van der Waals surface area contributed by atoms with E-state index in [0.29, 0.717) is 6.42 Å². The Bertz CT molecular complexity index is 180. The number of hydrogen-bond donors (Lipinski definition) is 2. The fourth-order valence-corrected chi connectivity index (χ4v) is 1.12. The van der Waals surface area contributed by atoms with Gasteiger partial charge in [-0.1, -0.05) is 0 Å². The van der Waals surface area contributed by atoms with Gasteiger partial charge in [0.2, 0.25) is 5.91 Å². The first kappa shape index (κ1) is 9.52. The second-order valence-corrected chi connectivity index (χ2v) is 4.84. The standard InChI is InChI=1S/C9H18N2O/c1-8(2,3)11-7(12)6-9(10)4-5-9/h4-6,10H2,1-3H3,(H,11,12). The Labute approximate surface area is 73.7 Å². The van der Waals surface area contributed by atoms with E-state index in [9.17, 15) is 4.79 Å². The van der Waals surface area contributed by atoms with Gasteiger partial charge in [0.15, 0.2) is 0 Å². The molecule has 0 unspecified atom stereocenters. The summed E-state index contributed by atoms with van der Waals surface area (Å²) in [7, 11) is 0. The van der Waals surface area contributed by atoms with Crippen LogP contribution in [0.5, 0.6) is 0 Å². The highest BCUT2D eigenvalue weighted by Gasteiger charge is 2.40. The SMILES string of the molecule is CC(C)(C)NC(=O)CC1(N)CC1. The summed E-state index contributed by atoms with van der Waals surface area (Å²) >= 11 is 0. The molecule has 3 heteroatoms. The zero-order chi connectivity index (χ0) is 9.41. The lowest BCUT2D eigenvalue weighted by Crippen LogP contribution is -2.43. The molecular formula is C9H18N2O. The maximum absolute atomic E-state index is 11.3. The van der Waals surface area contributed by atoms with Gasteiger partial charge >= 0.3 is 0 Å². The zero-order valence-corrected chi connectivity index (χ0v) is 8.11. The monoisotopic (exact) mass is 170 g/mol. The van der Waals surface area contributed by atoms with Crippen LogP contribution in [-0.2, 0) is 4.79 Å². The maximum atomic E-state index is 11.3. The zero-order valence-electron chi connectivity index (χ0n) is 8.11. The van der Waals surface area contributed by atoms with Gasteiger partial charge in [-0.2, -0.15) is 0 Å². The molecule has 3 N–H and O–H groups in total. The molecule has 12 heavy (non-hydrogen) atoms. The molecule has 0 aliphatic heterocycles. The van der Waals surface area contributed by atoms with Crippen molar-refractivity contribution in [3.63, 3.8) is 0 Å². The topological polar surface area (TPSA) is 55.1 Å². The predicted octanol–water partition coefficient (Wildman–Crippen LogP) is 0.783. The summed E-state index contributed by atoms with van der Waals surface area (Å²) in [6, 6.07) is 0. The quantitative estimate of drug-likeness (QED) is 0.643. The number of amides is 1. The van der Waals surface area contributed by atoms with E-state index in [1.165, 1.54) is 0 Å². The molecular weight excluding hydrogens is 152 g/mol. The van der Waals surface area contributed by atoms with Gasteiger partial charge in [-0.25, -0.2) is 0 Å². The Morgan fingerprint density at radius 1 is 1.50 bits per heavy atom. The van der Waals surface area contributed by atoms with Crippen LogP contribution in [0.1, 0.15) is 40.0 Å². The Balaban J connectivity index is 2.30. The molecule has 3 nitrogen and oxygen atoms in total. The Morgan fingerprint density at radius 2 is 2.00 bits per heavy atom. The number of carbonyl (C=O) groups is 1. The van der Waals surface area contributed by atoms with E-state index in [4.69, 9.17) is 5.73 Å². The summed E-state index contributed by atoms with van der Waals surface area (Å²) < 4.78 is 0. The molecule has 0 heterocycles. The lowest BCUT2D eigenvalue weighted by atomic mass is 10.1. The van der Waals surface area contributed by atoms with Crippen LogP contribution in [-0.4, -0.2) is 17.0 Å². The Kier molecular flexibility index (Phi) is 2.17. The Morgan fingerprint density at radius 3 is 2.33 bits per heavy atom. The molecule has 0 aromatic carbocycles. The van der Waals surface area contributed by atoms with Gasteiger partial charge in [-0.15, -0.1) is 0 Å². The number of nitrogens with two attached hydrogens (primary N) is 1. The van der Waals surface area contributed by atoms with Crippen LogP contribution in [0.25, 0.3) is 0 Å². The molecule has 0 spiro atoms. The van der Waals surface area contributed by atoms with Crippen molar-refractivity contribution >= 4 is 5.91 Å². The summed E-state index contributed by atoms with van der Waals surface area (Å²) in [5, 5.41) is 2.90. The molecule has 0 radical (unpaired) electrons. The molecule has 0 aromatic rings. The van der Waals surface area contributed by atoms with Crippen LogP contribution in [0.3, 0.4) is 0 Å². The first-order valence-electron chi connectivity index (χ1n) is 4.41. The average molecular weight is 170 g/mol. The van der Waals surface area contributed by atoms with Crippen molar-refractivity contribution in [3.05, 3.63) is 0 Å². The van der Waals surface area contributed by atoms with E-state index < -0.39 is 0 Å². The summed E-state index contributed by atoms with van der Waals surface area (Å²) in [4.78, 5) is 11.3. The minimum absolute atomic E-state index is 0.0718. The molecule has 1 fully saturated rings. The second kappa shape index (κ2) is 2.73. The minimum Gasteiger partial charge on any atom is -0.351 e. The average Bonchev–Trinajstić information content (AvgIpc) is 2.40. The van der Waals surface area contributed by atoms with E-state index in [-0.39, 0.29) is 17.0 Å². The van der Waals surface area contributed by atoms with E-state index in [1.54, 1.807) is 0 Å². The molecule has 1 aliphatic carbocycles. The highest BCUT2D eigenvalue weighted by molar-refractivity contribution is 5.78. The normalized spacial score (nSPS) is 20.3. The van der Waals surface area contributed by atoms with Crippen molar-refractivity contribution in [2.45, 2.75) is 51.1 Å². The third-order valence-electron chi connectivity index (χ3n) is 1.92. The molecule has 1 aliphatic rings. The fraction of sp³-hybridized carbons (Fsp3) is 0.889. The molecule has 1 saturated carbocycles. The van der Waals surface area contributed by atoms with Gasteiger partial charge < -0.3 is 11.1 Å². The maximum Gasteiger partial charge on any atom is 0.222 e. The van der Waals surface area contributed by atoms with Crippen LogP contribution < -0.4 is 11.1 Å². The van der Waals surface area contributed by atoms with Gasteiger partial charge in [0, 0.05) is 17.5 Å². The molecule has 1 amide bonds. The van der Waals surface area contributed by atoms with Crippen LogP contribution in [0, 0.1) is 0 Å². The number of carbonyl (C=O) groups excluding carboxylic acids is 1. The first-order chi connectivity index (χ1) is 5.31. The molecule has 0 saturated heterocycles. The molecule has 0 bridgehead atoms. The Hall–Kier alpha value is -0.570. The van der Waals surface area contributed by atoms with Gasteiger partial charge in [-0.05, 0) is 33.6 Å². The number of nitrogens with one attached hydrogen (secondary N) is 1. The van der Waals surface area contributed by atoms with E-state index in [2.05, 4.69) is 5.32 Å². The summed E-state index contributed by atoms with van der Waals surface area (Å²) in [6.45, 7) is 5.92. The van der Waals surface area contributed by atoms with Crippen LogP contribution in [0.2, 0.25) is 0 Å². The minimum atomic E-state index is -0.171. The highest BCUT2D eigenvalue weighted by atomic mass is 16.1. The lowest BCUT2D eigenvalue weighted by molar-refractivity contribution is -0.123. The second-order valence-electron chi connectivity index (χ2n) is 4.84. The van der Waals surface area contributed by atoms with Crippen molar-refractivity contribution in [2.75, 3.05) is 0 Å². The van der Waals surface area contributed by atoms with Gasteiger partial charge in [0.1, 0.15) is 0 Å². The number of hydrogen-bond acceptors (Lipinski definition) is 2. The molecule has 70 valence electrons. The third kappa shape index (κ3) is 3.22. The molecule has 0 atom stereocenters. The molecule has 1 rings (SSSR count). The largest absolute Gasteiger partial charge is 0.351 e. The van der Waals surface area contributed by atoms with Crippen molar-refractivity contribution < 1.29 is 4.79 Å². The first-order valence-corrected chi connectivity index (χ1v) is 4.41. The lowest BCUT2D eigenvalue weighted by Gasteiger charge is -2.21. The fourth-order valence-electron chi connectivity index (χ4n) is 1.12. The van der Waals surface area contributed by atoms with E-state index >= 15 is 0 Å². The van der Waals surface area contributed by atoms with Gasteiger partial charge in [0.05, 0.1) is 0 Å². The summed E-state index contributed by atoms with van der Waals surface area (Å²) in [6.07, 6.45) is 2.46. The van der Waals surface area contributed by atoms with E-state index in [0.717, 1.165) is 12.8 Å². The molecule has 0 aromatic heterocycles. The van der Waals surface area contributed by atoms with Crippen LogP contribution in [0.4, 0.5) is 0 Å². The van der Waals surface area contributed by atoms with Crippen LogP contribution in [0.15, 0.2) is 0 Å². The van der Waals surface area contributed by atoms with Crippen LogP contribution >= 0.6 is 0 Å². The highest BCUT2D eigenvalue weighted by Crippen LogP contribution is 2.35. The van der Waals surface area contributed by atoms with Crippen molar-refractivity contribution in [1.82, 2.24) is 5.32 Å². The van der Waals surface area contributed by atoms with Crippen molar-refractivity contribution in [3.8, 4) is 0 Å². The third-order valence-corrected chi connectivity index (χ3v) is 1.92. The summed E-state index contributed by atoms with van der Waals surface area (Å²) in [5.74, 6) is 0.0718. The van der Waals surface area contributed by atoms with Gasteiger partial charge in [-0.3, -0.25) is 4.79 Å².